The van der Waals surface area contributed by atoms with E-state index in [9.17, 15) is 9.59 Å². The molecule has 1 aromatic rings. The summed E-state index contributed by atoms with van der Waals surface area (Å²) in [4.78, 5) is 25.1. The number of nitrogens with zero attached hydrogens (tertiary/aromatic N) is 2. The smallest absolute Gasteiger partial charge is 0.323 e. The minimum Gasteiger partial charge on any atom is -0.480 e. The Morgan fingerprint density at radius 3 is 3.00 bits per heavy atom. The Balaban J connectivity index is 2.39. The molecule has 0 aliphatic carbocycles. The van der Waals surface area contributed by atoms with Crippen LogP contribution in [0.5, 0.6) is 0 Å². The van der Waals surface area contributed by atoms with Gasteiger partial charge in [0.2, 0.25) is 0 Å². The lowest BCUT2D eigenvalue weighted by Gasteiger charge is -2.22. The molecule has 15 heavy (non-hydrogen) atoms. The van der Waals surface area contributed by atoms with E-state index in [0.717, 1.165) is 41.4 Å². The molecule has 0 spiro atoms. The molecule has 1 aliphatic heterocycles. The lowest BCUT2D eigenvalue weighted by Crippen LogP contribution is -2.29. The average molecular weight is 228 g/mol. The van der Waals surface area contributed by atoms with Crippen LogP contribution in [0.1, 0.15) is 10.6 Å². The number of likely N-dealkylation sites (N-methyl/N-ethyl adjacent to an activating group) is 1. The van der Waals surface area contributed by atoms with Gasteiger partial charge in [-0.2, -0.15) is 0 Å². The number of rotatable bonds is 2. The van der Waals surface area contributed by atoms with E-state index in [-0.39, 0.29) is 11.4 Å². The largest absolute Gasteiger partial charge is 0.480 e. The van der Waals surface area contributed by atoms with Crippen molar-refractivity contribution in [2.45, 2.75) is 19.5 Å². The van der Waals surface area contributed by atoms with Crippen LogP contribution in [0.2, 0.25) is 0 Å². The van der Waals surface area contributed by atoms with Crippen LogP contribution in [0.25, 0.3) is 0 Å². The maximum absolute atomic E-state index is 11.5. The number of aromatic nitrogens is 1. The van der Waals surface area contributed by atoms with Crippen LogP contribution in [-0.2, 0) is 24.3 Å². The molecular weight excluding hydrogens is 216 g/mol. The fourth-order valence-electron chi connectivity index (χ4n) is 1.79. The minimum absolute atomic E-state index is 0.155. The first-order valence-corrected chi connectivity index (χ1v) is 5.51. The van der Waals surface area contributed by atoms with E-state index in [1.807, 2.05) is 7.05 Å². The van der Waals surface area contributed by atoms with Crippen molar-refractivity contribution in [3.63, 3.8) is 0 Å². The fraction of sp³-hybridized carbons (Fsp3) is 0.556. The highest BCUT2D eigenvalue weighted by atomic mass is 32.1. The average Bonchev–Trinajstić information content (AvgIpc) is 2.41. The van der Waals surface area contributed by atoms with Gasteiger partial charge >= 0.3 is 10.8 Å². The van der Waals surface area contributed by atoms with Crippen molar-refractivity contribution in [3.8, 4) is 0 Å². The third kappa shape index (κ3) is 1.95. The van der Waals surface area contributed by atoms with Gasteiger partial charge in [-0.1, -0.05) is 11.3 Å². The summed E-state index contributed by atoms with van der Waals surface area (Å²) in [6, 6.07) is 0. The van der Waals surface area contributed by atoms with Crippen molar-refractivity contribution >= 4 is 17.3 Å². The molecule has 0 amide bonds. The van der Waals surface area contributed by atoms with Crippen LogP contribution in [0.3, 0.4) is 0 Å². The second kappa shape index (κ2) is 3.79. The van der Waals surface area contributed by atoms with Crippen LogP contribution in [0.4, 0.5) is 0 Å². The SMILES string of the molecule is CN1CCc2c(sc(=O)n2CC(=O)O)C1. The highest BCUT2D eigenvalue weighted by Gasteiger charge is 2.21. The van der Waals surface area contributed by atoms with Crippen molar-refractivity contribution in [2.75, 3.05) is 13.6 Å². The quantitative estimate of drug-likeness (QED) is 0.773. The van der Waals surface area contributed by atoms with Gasteiger partial charge in [-0.05, 0) is 7.05 Å². The third-order valence-corrected chi connectivity index (χ3v) is 3.52. The summed E-state index contributed by atoms with van der Waals surface area (Å²) in [5.41, 5.74) is 0.908. The lowest BCUT2D eigenvalue weighted by atomic mass is 10.2. The number of aliphatic carboxylic acids is 1. The van der Waals surface area contributed by atoms with Crippen molar-refractivity contribution in [2.24, 2.45) is 0 Å². The molecule has 0 bridgehead atoms. The Labute approximate surface area is 90.6 Å². The molecule has 1 aliphatic rings. The summed E-state index contributed by atoms with van der Waals surface area (Å²) in [6.45, 7) is 1.42. The molecule has 6 heteroatoms. The number of carboxylic acid groups (broad SMARTS) is 1. The Kier molecular flexibility index (Phi) is 2.62. The summed E-state index contributed by atoms with van der Waals surface area (Å²) in [5.74, 6) is -0.961. The van der Waals surface area contributed by atoms with E-state index >= 15 is 0 Å². The molecule has 1 N–H and O–H groups in total. The zero-order valence-corrected chi connectivity index (χ0v) is 9.21. The van der Waals surface area contributed by atoms with E-state index in [2.05, 4.69) is 4.90 Å². The second-order valence-corrected chi connectivity index (χ2v) is 4.75. The molecule has 0 radical (unpaired) electrons. The van der Waals surface area contributed by atoms with Crippen molar-refractivity contribution in [1.82, 2.24) is 9.47 Å². The Hall–Kier alpha value is -1.14. The van der Waals surface area contributed by atoms with Crippen LogP contribution in [0, 0.1) is 0 Å². The minimum atomic E-state index is -0.961. The van der Waals surface area contributed by atoms with E-state index < -0.39 is 5.97 Å². The van der Waals surface area contributed by atoms with E-state index in [0.29, 0.717) is 0 Å². The molecule has 2 rings (SSSR count). The summed E-state index contributed by atoms with van der Waals surface area (Å²) in [6.07, 6.45) is 0.762. The van der Waals surface area contributed by atoms with E-state index in [1.54, 1.807) is 0 Å². The van der Waals surface area contributed by atoms with Crippen LogP contribution in [0.15, 0.2) is 4.79 Å². The number of thiazole rings is 1. The Bertz CT molecular complexity index is 449. The van der Waals surface area contributed by atoms with Gasteiger partial charge in [0.1, 0.15) is 6.54 Å². The molecular formula is C9H12N2O3S. The summed E-state index contributed by atoms with van der Waals surface area (Å²) >= 11 is 1.16. The first-order chi connectivity index (χ1) is 7.08. The van der Waals surface area contributed by atoms with E-state index in [1.165, 1.54) is 4.57 Å². The predicted molar refractivity (Wildman–Crippen MR) is 56.3 cm³/mol. The van der Waals surface area contributed by atoms with Gasteiger partial charge in [-0.15, -0.1) is 0 Å². The van der Waals surface area contributed by atoms with Gasteiger partial charge in [0.15, 0.2) is 0 Å². The van der Waals surface area contributed by atoms with Gasteiger partial charge in [-0.25, -0.2) is 0 Å². The summed E-state index contributed by atoms with van der Waals surface area (Å²) < 4.78 is 1.38. The zero-order valence-electron chi connectivity index (χ0n) is 8.39. The maximum atomic E-state index is 11.5. The van der Waals surface area contributed by atoms with Gasteiger partial charge in [0.05, 0.1) is 0 Å². The number of carbonyl (C=O) groups is 1. The highest BCUT2D eigenvalue weighted by molar-refractivity contribution is 7.09. The molecule has 82 valence electrons. The molecule has 0 saturated heterocycles. The Morgan fingerprint density at radius 2 is 2.33 bits per heavy atom. The van der Waals surface area contributed by atoms with Crippen LogP contribution < -0.4 is 4.87 Å². The second-order valence-electron chi connectivity index (χ2n) is 3.71. The third-order valence-electron chi connectivity index (χ3n) is 2.52. The highest BCUT2D eigenvalue weighted by Crippen LogP contribution is 2.20. The van der Waals surface area contributed by atoms with Crippen molar-refractivity contribution in [3.05, 3.63) is 20.2 Å². The first kappa shape index (κ1) is 10.4. The number of hydrogen-bond acceptors (Lipinski definition) is 4. The normalized spacial score (nSPS) is 16.3. The zero-order chi connectivity index (χ0) is 11.0. The lowest BCUT2D eigenvalue weighted by molar-refractivity contribution is -0.137. The fourth-order valence-corrected chi connectivity index (χ4v) is 2.90. The molecule has 5 nitrogen and oxygen atoms in total. The first-order valence-electron chi connectivity index (χ1n) is 4.69. The van der Waals surface area contributed by atoms with E-state index in [4.69, 9.17) is 5.11 Å². The van der Waals surface area contributed by atoms with Crippen LogP contribution in [-0.4, -0.2) is 34.1 Å². The predicted octanol–water partition coefficient (Wildman–Crippen LogP) is -0.0177. The van der Waals surface area contributed by atoms with Gasteiger partial charge in [-0.3, -0.25) is 14.2 Å². The molecule has 0 unspecified atom stereocenters. The molecule has 0 aromatic carbocycles. The molecule has 1 aromatic heterocycles. The molecule has 0 fully saturated rings. The maximum Gasteiger partial charge on any atom is 0.323 e. The Morgan fingerprint density at radius 1 is 1.60 bits per heavy atom. The van der Waals surface area contributed by atoms with Gasteiger partial charge in [0.25, 0.3) is 0 Å². The molecule has 0 atom stereocenters. The number of hydrogen-bond donors (Lipinski definition) is 1. The molecule has 0 saturated carbocycles. The number of carboxylic acids is 1. The van der Waals surface area contributed by atoms with Crippen molar-refractivity contribution in [1.29, 1.82) is 0 Å². The summed E-state index contributed by atoms with van der Waals surface area (Å²) in [7, 11) is 1.99. The topological polar surface area (TPSA) is 62.5 Å². The van der Waals surface area contributed by atoms with Gasteiger partial charge in [0, 0.05) is 30.1 Å². The molecule has 2 heterocycles. The standard InChI is InChI=1S/C9H12N2O3S/c1-10-3-2-6-7(4-10)15-9(14)11(6)5-8(12)13/h2-5H2,1H3,(H,12,13). The number of fused-ring (bicyclic) bond motifs is 1. The van der Waals surface area contributed by atoms with Crippen molar-refractivity contribution < 1.29 is 9.90 Å². The monoisotopic (exact) mass is 228 g/mol. The van der Waals surface area contributed by atoms with Crippen LogP contribution >= 0.6 is 11.3 Å². The summed E-state index contributed by atoms with van der Waals surface area (Å²) in [5, 5.41) is 8.70. The van der Waals surface area contributed by atoms with Gasteiger partial charge < -0.3 is 10.0 Å².